The fourth-order valence-electron chi connectivity index (χ4n) is 8.20. The second kappa shape index (κ2) is 17.8. The molecule has 0 bridgehead atoms. The van der Waals surface area contributed by atoms with Crippen LogP contribution in [0.3, 0.4) is 0 Å². The molecule has 0 saturated carbocycles. The van der Waals surface area contributed by atoms with Gasteiger partial charge >= 0.3 is 0 Å². The van der Waals surface area contributed by atoms with Crippen LogP contribution in [0.15, 0.2) is 140 Å². The summed E-state index contributed by atoms with van der Waals surface area (Å²) in [5, 5.41) is 0. The van der Waals surface area contributed by atoms with Gasteiger partial charge < -0.3 is 24.5 Å². The van der Waals surface area contributed by atoms with E-state index in [1.807, 2.05) is 94.7 Å². The van der Waals surface area contributed by atoms with E-state index in [4.69, 9.17) is 9.72 Å². The molecule has 6 aromatic carbocycles. The van der Waals surface area contributed by atoms with E-state index in [0.717, 1.165) is 77.5 Å². The Bertz CT molecular complexity index is 2740. The van der Waals surface area contributed by atoms with E-state index in [2.05, 4.69) is 21.0 Å². The molecule has 62 heavy (non-hydrogen) atoms. The second-order valence-electron chi connectivity index (χ2n) is 15.7. The number of fused-ring (bicyclic) bond motifs is 2. The Kier molecular flexibility index (Phi) is 11.5. The predicted molar refractivity (Wildman–Crippen MR) is 233 cm³/mol. The summed E-state index contributed by atoms with van der Waals surface area (Å²) in [6.45, 7) is 2.62. The van der Waals surface area contributed by atoms with Gasteiger partial charge in [-0.2, -0.15) is 0 Å². The van der Waals surface area contributed by atoms with Crippen molar-refractivity contribution in [1.82, 2.24) is 29.7 Å². The SMILES string of the molecule is O=C(c1ccc(-c2ccc(F)cc2)cc1)N1CCC(c2nc3cc(F)c(F)cc3[nH]2)CC1.O=C(c1ccc(Oc2ccccc2)cc1)N1CCC(c2nc3ccccc3[nH]2)CC1. The van der Waals surface area contributed by atoms with Gasteiger partial charge in [0.15, 0.2) is 11.6 Å². The average molecular weight is 833 g/mol. The van der Waals surface area contributed by atoms with Gasteiger partial charge in [-0.3, -0.25) is 9.59 Å². The Labute approximate surface area is 356 Å². The third kappa shape index (κ3) is 8.95. The number of carbonyl (C=O) groups is 2. The van der Waals surface area contributed by atoms with Gasteiger partial charge in [-0.25, -0.2) is 23.1 Å². The van der Waals surface area contributed by atoms with Crippen molar-refractivity contribution < 1.29 is 27.5 Å². The first-order valence-corrected chi connectivity index (χ1v) is 20.8. The van der Waals surface area contributed by atoms with Crippen LogP contribution in [0.4, 0.5) is 13.2 Å². The van der Waals surface area contributed by atoms with Crippen molar-refractivity contribution in [3.05, 3.63) is 180 Å². The Balaban J connectivity index is 0.000000158. The van der Waals surface area contributed by atoms with Crippen molar-refractivity contribution in [2.24, 2.45) is 0 Å². The summed E-state index contributed by atoms with van der Waals surface area (Å²) in [4.78, 5) is 45.3. The molecule has 2 aliphatic rings. The molecule has 10 rings (SSSR count). The number of halogens is 3. The summed E-state index contributed by atoms with van der Waals surface area (Å²) in [5.41, 5.74) is 6.04. The lowest BCUT2D eigenvalue weighted by Crippen LogP contribution is -2.38. The number of piperidine rings is 2. The van der Waals surface area contributed by atoms with E-state index in [1.54, 1.807) is 24.3 Å². The van der Waals surface area contributed by atoms with Crippen LogP contribution in [-0.2, 0) is 0 Å². The molecule has 0 spiro atoms. The molecule has 9 nitrogen and oxygen atoms in total. The molecule has 2 amide bonds. The number of hydrogen-bond donors (Lipinski definition) is 2. The number of aromatic amines is 2. The van der Waals surface area contributed by atoms with Gasteiger partial charge in [-0.15, -0.1) is 0 Å². The maximum absolute atomic E-state index is 13.5. The highest BCUT2D eigenvalue weighted by atomic mass is 19.2. The zero-order valence-electron chi connectivity index (χ0n) is 33.7. The first-order chi connectivity index (χ1) is 30.2. The fourth-order valence-corrected chi connectivity index (χ4v) is 8.20. The highest BCUT2D eigenvalue weighted by molar-refractivity contribution is 5.95. The maximum atomic E-state index is 13.5. The molecule has 0 radical (unpaired) electrons. The van der Waals surface area contributed by atoms with Gasteiger partial charge in [-0.05, 0) is 110 Å². The Morgan fingerprint density at radius 2 is 0.984 bits per heavy atom. The minimum absolute atomic E-state index is 0.0390. The molecule has 0 aliphatic carbocycles. The zero-order valence-corrected chi connectivity index (χ0v) is 33.7. The molecule has 0 unspecified atom stereocenters. The Hall–Kier alpha value is -7.21. The highest BCUT2D eigenvalue weighted by Gasteiger charge is 2.28. The van der Waals surface area contributed by atoms with Crippen molar-refractivity contribution in [3.8, 4) is 22.6 Å². The first kappa shape index (κ1) is 40.2. The Morgan fingerprint density at radius 3 is 1.56 bits per heavy atom. The van der Waals surface area contributed by atoms with E-state index in [1.165, 1.54) is 12.1 Å². The maximum Gasteiger partial charge on any atom is 0.253 e. The number of carbonyl (C=O) groups excluding carboxylic acids is 2. The number of amides is 2. The van der Waals surface area contributed by atoms with Gasteiger partial charge in [0.25, 0.3) is 11.8 Å². The predicted octanol–water partition coefficient (Wildman–Crippen LogP) is 11.0. The van der Waals surface area contributed by atoms with E-state index in [9.17, 15) is 22.8 Å². The molecule has 2 aromatic heterocycles. The van der Waals surface area contributed by atoms with E-state index in [-0.39, 0.29) is 23.5 Å². The largest absolute Gasteiger partial charge is 0.457 e. The van der Waals surface area contributed by atoms with Crippen LogP contribution in [0.1, 0.15) is 69.9 Å². The van der Waals surface area contributed by atoms with E-state index in [0.29, 0.717) is 59.8 Å². The molecular formula is C50H43F3N6O3. The van der Waals surface area contributed by atoms with Crippen LogP contribution in [0.5, 0.6) is 11.5 Å². The van der Waals surface area contributed by atoms with Crippen LogP contribution < -0.4 is 4.74 Å². The number of H-pyrrole nitrogens is 2. The minimum atomic E-state index is -0.915. The number of aromatic nitrogens is 4. The summed E-state index contributed by atoms with van der Waals surface area (Å²) in [6.07, 6.45) is 3.26. The number of nitrogens with zero attached hydrogens (tertiary/aromatic N) is 4. The third-order valence-electron chi connectivity index (χ3n) is 11.7. The van der Waals surface area contributed by atoms with Crippen LogP contribution in [0.2, 0.25) is 0 Å². The van der Waals surface area contributed by atoms with Gasteiger partial charge in [0, 0.05) is 61.3 Å². The number of para-hydroxylation sites is 3. The normalized spacial score (nSPS) is 14.8. The lowest BCUT2D eigenvalue weighted by molar-refractivity contribution is 0.0704. The van der Waals surface area contributed by atoms with Crippen LogP contribution >= 0.6 is 0 Å². The molecule has 0 atom stereocenters. The topological polar surface area (TPSA) is 107 Å². The van der Waals surface area contributed by atoms with Crippen molar-refractivity contribution >= 4 is 33.9 Å². The standard InChI is InChI=1S/C25H20F3N3O.C25H23N3O2/c26-19-7-5-16(6-8-19)15-1-3-18(4-2-15)25(32)31-11-9-17(10-12-31)24-29-22-13-20(27)21(28)14-23(22)30-24;29-25(19-10-12-21(13-11-19)30-20-6-2-1-3-7-20)28-16-14-18(15-17-28)24-26-22-8-4-5-9-23(22)27-24/h1-8,13-14,17H,9-12H2,(H,29,30);1-13,18H,14-17H2,(H,26,27). The molecule has 2 aliphatic heterocycles. The number of rotatable bonds is 7. The minimum Gasteiger partial charge on any atom is -0.457 e. The number of hydrogen-bond acceptors (Lipinski definition) is 5. The van der Waals surface area contributed by atoms with Gasteiger partial charge in [0.1, 0.15) is 29.0 Å². The zero-order chi connectivity index (χ0) is 42.6. The fraction of sp³-hybridized carbons (Fsp3) is 0.200. The summed E-state index contributed by atoms with van der Waals surface area (Å²) in [6, 6.07) is 40.9. The number of likely N-dealkylation sites (tertiary alicyclic amines) is 2. The summed E-state index contributed by atoms with van der Waals surface area (Å²) in [7, 11) is 0. The van der Waals surface area contributed by atoms with Gasteiger partial charge in [0.05, 0.1) is 22.1 Å². The monoisotopic (exact) mass is 832 g/mol. The van der Waals surface area contributed by atoms with Crippen molar-refractivity contribution in [3.63, 3.8) is 0 Å². The Morgan fingerprint density at radius 1 is 0.516 bits per heavy atom. The van der Waals surface area contributed by atoms with Crippen LogP contribution in [0.25, 0.3) is 33.2 Å². The molecule has 312 valence electrons. The molecule has 4 heterocycles. The van der Waals surface area contributed by atoms with E-state index >= 15 is 0 Å². The van der Waals surface area contributed by atoms with Crippen molar-refractivity contribution in [1.29, 1.82) is 0 Å². The van der Waals surface area contributed by atoms with Crippen molar-refractivity contribution in [2.45, 2.75) is 37.5 Å². The summed E-state index contributed by atoms with van der Waals surface area (Å²) in [5.74, 6) is 1.62. The molecule has 2 saturated heterocycles. The van der Waals surface area contributed by atoms with Crippen molar-refractivity contribution in [2.75, 3.05) is 26.2 Å². The number of imidazole rings is 2. The first-order valence-electron chi connectivity index (χ1n) is 20.8. The lowest BCUT2D eigenvalue weighted by atomic mass is 9.95. The molecular weight excluding hydrogens is 790 g/mol. The van der Waals surface area contributed by atoms with E-state index < -0.39 is 11.6 Å². The third-order valence-corrected chi connectivity index (χ3v) is 11.7. The smallest absolute Gasteiger partial charge is 0.253 e. The highest BCUT2D eigenvalue weighted by Crippen LogP contribution is 2.31. The van der Waals surface area contributed by atoms with Gasteiger partial charge in [-0.1, -0.05) is 54.6 Å². The molecule has 12 heteroatoms. The van der Waals surface area contributed by atoms with Gasteiger partial charge in [0.2, 0.25) is 0 Å². The molecule has 2 N–H and O–H groups in total. The average Bonchev–Trinajstić information content (AvgIpc) is 3.94. The molecule has 8 aromatic rings. The second-order valence-corrected chi connectivity index (χ2v) is 15.7. The lowest BCUT2D eigenvalue weighted by Gasteiger charge is -2.31. The van der Waals surface area contributed by atoms with Crippen LogP contribution in [-0.4, -0.2) is 67.7 Å². The molecule has 2 fully saturated rings. The number of benzene rings is 6. The summed E-state index contributed by atoms with van der Waals surface area (Å²) >= 11 is 0. The number of ether oxygens (including phenoxy) is 1. The number of nitrogens with one attached hydrogen (secondary N) is 2. The quantitative estimate of drug-likeness (QED) is 0.166. The summed E-state index contributed by atoms with van der Waals surface area (Å²) < 4.78 is 45.8. The van der Waals surface area contributed by atoms with Crippen LogP contribution in [0, 0.1) is 17.5 Å².